The molecule has 1 rings (SSSR count). The van der Waals surface area contributed by atoms with Crippen molar-refractivity contribution in [3.05, 3.63) is 30.1 Å². The summed E-state index contributed by atoms with van der Waals surface area (Å²) in [5, 5.41) is 4.58. The van der Waals surface area contributed by atoms with Crippen molar-refractivity contribution in [2.75, 3.05) is 0 Å². The molecule has 4 heteroatoms. The molecule has 0 aliphatic heterocycles. The second kappa shape index (κ2) is 8.88. The molecule has 0 aliphatic rings. The zero-order valence-electron chi connectivity index (χ0n) is 12.4. The molecule has 4 nitrogen and oxygen atoms in total. The fraction of sp³-hybridized carbons (Fsp3) is 0.667. The zero-order valence-corrected chi connectivity index (χ0v) is 12.4. The lowest BCUT2D eigenvalue weighted by Gasteiger charge is -2.16. The Morgan fingerprint density at radius 1 is 1.42 bits per heavy atom. The van der Waals surface area contributed by atoms with E-state index < -0.39 is 0 Å². The minimum absolute atomic E-state index is 0.205. The second-order valence-electron chi connectivity index (χ2n) is 4.88. The average Bonchev–Trinajstić information content (AvgIpc) is 2.86. The van der Waals surface area contributed by atoms with Crippen LogP contribution in [0.1, 0.15) is 63.4 Å². The van der Waals surface area contributed by atoms with Crippen LogP contribution in [0.25, 0.3) is 0 Å². The number of unbranched alkanes of at least 4 members (excludes halogenated alkanes) is 3. The highest BCUT2D eigenvalue weighted by atomic mass is 15.3. The smallest absolute Gasteiger partial charge is 0.0629 e. The number of nitrogens with one attached hydrogen (secondary N) is 1. The maximum absolute atomic E-state index is 5.71. The van der Waals surface area contributed by atoms with E-state index in [1.165, 1.54) is 25.0 Å². The zero-order chi connectivity index (χ0) is 14.1. The highest BCUT2D eigenvalue weighted by molar-refractivity contribution is 5.14. The minimum Gasteiger partial charge on any atom is -0.271 e. The van der Waals surface area contributed by atoms with Crippen LogP contribution in [-0.4, -0.2) is 9.78 Å². The third-order valence-electron chi connectivity index (χ3n) is 3.48. The van der Waals surface area contributed by atoms with Crippen LogP contribution in [0.15, 0.2) is 18.7 Å². The standard InChI is InChI=1S/C15H28N4/c1-4-7-8-9-10-11-14(17-16)15-12-13(5-2)18-19(15)6-3/h4,12,14,17H,1,5-11,16H2,2-3H3. The summed E-state index contributed by atoms with van der Waals surface area (Å²) in [7, 11) is 0. The van der Waals surface area contributed by atoms with Gasteiger partial charge in [0.05, 0.1) is 17.4 Å². The van der Waals surface area contributed by atoms with E-state index in [2.05, 4.69) is 41.7 Å². The highest BCUT2D eigenvalue weighted by Gasteiger charge is 2.15. The summed E-state index contributed by atoms with van der Waals surface area (Å²) in [6.45, 7) is 8.89. The molecular formula is C15H28N4. The molecule has 1 unspecified atom stereocenters. The predicted molar refractivity (Wildman–Crippen MR) is 80.6 cm³/mol. The van der Waals surface area contributed by atoms with Crippen molar-refractivity contribution < 1.29 is 0 Å². The van der Waals surface area contributed by atoms with Crippen molar-refractivity contribution in [2.24, 2.45) is 5.84 Å². The first kappa shape index (κ1) is 15.9. The van der Waals surface area contributed by atoms with Crippen molar-refractivity contribution in [1.82, 2.24) is 15.2 Å². The van der Waals surface area contributed by atoms with Gasteiger partial charge in [0, 0.05) is 6.54 Å². The van der Waals surface area contributed by atoms with Gasteiger partial charge >= 0.3 is 0 Å². The Morgan fingerprint density at radius 2 is 2.21 bits per heavy atom. The molecule has 19 heavy (non-hydrogen) atoms. The Bertz CT molecular complexity index is 370. The average molecular weight is 264 g/mol. The topological polar surface area (TPSA) is 55.9 Å². The van der Waals surface area contributed by atoms with Crippen LogP contribution in [0.4, 0.5) is 0 Å². The van der Waals surface area contributed by atoms with Crippen molar-refractivity contribution in [2.45, 2.75) is 65.0 Å². The number of aryl methyl sites for hydroxylation is 2. The molecule has 1 heterocycles. The van der Waals surface area contributed by atoms with Gasteiger partial charge < -0.3 is 0 Å². The molecule has 0 amide bonds. The normalized spacial score (nSPS) is 12.6. The van der Waals surface area contributed by atoms with Gasteiger partial charge in [0.25, 0.3) is 0 Å². The van der Waals surface area contributed by atoms with E-state index in [-0.39, 0.29) is 6.04 Å². The summed E-state index contributed by atoms with van der Waals surface area (Å²) < 4.78 is 2.06. The van der Waals surface area contributed by atoms with Crippen molar-refractivity contribution in [3.8, 4) is 0 Å². The van der Waals surface area contributed by atoms with Crippen molar-refractivity contribution >= 4 is 0 Å². The third-order valence-corrected chi connectivity index (χ3v) is 3.48. The number of hydrogen-bond acceptors (Lipinski definition) is 3. The van der Waals surface area contributed by atoms with Crippen LogP contribution >= 0.6 is 0 Å². The molecule has 0 saturated carbocycles. The lowest BCUT2D eigenvalue weighted by atomic mass is 10.0. The second-order valence-corrected chi connectivity index (χ2v) is 4.88. The third kappa shape index (κ3) is 4.80. The van der Waals surface area contributed by atoms with E-state index in [9.17, 15) is 0 Å². The monoisotopic (exact) mass is 264 g/mol. The van der Waals surface area contributed by atoms with Gasteiger partial charge in [0.15, 0.2) is 0 Å². The number of aromatic nitrogens is 2. The van der Waals surface area contributed by atoms with Gasteiger partial charge in [-0.15, -0.1) is 6.58 Å². The summed E-state index contributed by atoms with van der Waals surface area (Å²) in [4.78, 5) is 0. The fourth-order valence-corrected chi connectivity index (χ4v) is 2.32. The lowest BCUT2D eigenvalue weighted by molar-refractivity contribution is 0.446. The SMILES string of the molecule is C=CCCCCCC(NN)c1cc(CC)nn1CC. The fourth-order valence-electron chi connectivity index (χ4n) is 2.32. The molecule has 1 aromatic rings. The Kier molecular flexibility index (Phi) is 7.45. The van der Waals surface area contributed by atoms with Gasteiger partial charge in [-0.1, -0.05) is 25.8 Å². The molecule has 0 aromatic carbocycles. The van der Waals surface area contributed by atoms with Gasteiger partial charge in [-0.25, -0.2) is 0 Å². The van der Waals surface area contributed by atoms with Crippen LogP contribution < -0.4 is 11.3 Å². The van der Waals surface area contributed by atoms with Crippen LogP contribution in [0.2, 0.25) is 0 Å². The summed E-state index contributed by atoms with van der Waals surface area (Å²) in [6.07, 6.45) is 8.74. The molecule has 1 atom stereocenters. The van der Waals surface area contributed by atoms with Crippen LogP contribution in [-0.2, 0) is 13.0 Å². The Labute approximate surface area is 117 Å². The molecule has 0 saturated heterocycles. The molecule has 0 aliphatic carbocycles. The number of nitrogens with zero attached hydrogens (tertiary/aromatic N) is 2. The highest BCUT2D eigenvalue weighted by Crippen LogP contribution is 2.21. The van der Waals surface area contributed by atoms with E-state index in [1.807, 2.05) is 6.08 Å². The quantitative estimate of drug-likeness (QED) is 0.295. The van der Waals surface area contributed by atoms with E-state index in [4.69, 9.17) is 5.84 Å². The molecular weight excluding hydrogens is 236 g/mol. The molecule has 0 spiro atoms. The summed E-state index contributed by atoms with van der Waals surface area (Å²) in [5.41, 5.74) is 5.30. The number of hydrazine groups is 1. The summed E-state index contributed by atoms with van der Waals surface area (Å²) >= 11 is 0. The number of allylic oxidation sites excluding steroid dienone is 1. The maximum Gasteiger partial charge on any atom is 0.0629 e. The lowest BCUT2D eigenvalue weighted by Crippen LogP contribution is -2.29. The predicted octanol–water partition coefficient (Wildman–Crippen LogP) is 3.11. The Hall–Kier alpha value is -1.13. The first-order valence-electron chi connectivity index (χ1n) is 7.40. The largest absolute Gasteiger partial charge is 0.271 e. The van der Waals surface area contributed by atoms with Crippen molar-refractivity contribution in [3.63, 3.8) is 0 Å². The van der Waals surface area contributed by atoms with E-state index >= 15 is 0 Å². The first-order chi connectivity index (χ1) is 9.26. The Balaban J connectivity index is 2.57. The van der Waals surface area contributed by atoms with Crippen molar-refractivity contribution in [1.29, 1.82) is 0 Å². The van der Waals surface area contributed by atoms with Crippen LogP contribution in [0.5, 0.6) is 0 Å². The van der Waals surface area contributed by atoms with Gasteiger partial charge in [0.1, 0.15) is 0 Å². The minimum atomic E-state index is 0.205. The molecule has 3 N–H and O–H groups in total. The Morgan fingerprint density at radius 3 is 2.79 bits per heavy atom. The molecule has 0 bridgehead atoms. The van der Waals surface area contributed by atoms with Gasteiger partial charge in [0.2, 0.25) is 0 Å². The molecule has 1 aromatic heterocycles. The maximum atomic E-state index is 5.71. The van der Waals surface area contributed by atoms with E-state index in [0.29, 0.717) is 0 Å². The molecule has 0 radical (unpaired) electrons. The van der Waals surface area contributed by atoms with Gasteiger partial charge in [-0.3, -0.25) is 16.0 Å². The number of hydrogen-bond donors (Lipinski definition) is 2. The van der Waals surface area contributed by atoms with Crippen LogP contribution in [0, 0.1) is 0 Å². The number of nitrogens with two attached hydrogens (primary N) is 1. The summed E-state index contributed by atoms with van der Waals surface area (Å²) in [6, 6.07) is 2.38. The van der Waals surface area contributed by atoms with Gasteiger partial charge in [-0.05, 0) is 38.7 Å². The molecule has 0 fully saturated rings. The van der Waals surface area contributed by atoms with Gasteiger partial charge in [-0.2, -0.15) is 5.10 Å². The van der Waals surface area contributed by atoms with E-state index in [1.54, 1.807) is 0 Å². The van der Waals surface area contributed by atoms with E-state index in [0.717, 1.165) is 31.5 Å². The van der Waals surface area contributed by atoms with Crippen LogP contribution in [0.3, 0.4) is 0 Å². The first-order valence-corrected chi connectivity index (χ1v) is 7.40. The number of rotatable bonds is 10. The molecule has 108 valence electrons. The summed E-state index contributed by atoms with van der Waals surface area (Å²) in [5.74, 6) is 5.71.